The fraction of sp³-hybridized carbons (Fsp3) is 0.377. The highest BCUT2D eigenvalue weighted by Gasteiger charge is 2.45. The van der Waals surface area contributed by atoms with E-state index in [0.717, 1.165) is 74.3 Å². The second-order valence-corrected chi connectivity index (χ2v) is 23.5. The molecule has 4 amide bonds. The number of para-hydroxylation sites is 1. The van der Waals surface area contributed by atoms with Crippen LogP contribution in [-0.4, -0.2) is 97.5 Å². The molecule has 2 aliphatic heterocycles. The summed E-state index contributed by atoms with van der Waals surface area (Å²) in [5.74, 6) is -1.25. The predicted molar refractivity (Wildman–Crippen MR) is 310 cm³/mol. The molecule has 2 aliphatic rings. The lowest BCUT2D eigenvalue weighted by atomic mass is 9.85. The molecule has 4 aromatic carbocycles. The van der Waals surface area contributed by atoms with E-state index in [9.17, 15) is 34.2 Å². The van der Waals surface area contributed by atoms with Crippen molar-refractivity contribution in [3.8, 4) is 27.3 Å². The highest BCUT2D eigenvalue weighted by molar-refractivity contribution is 7.22. The van der Waals surface area contributed by atoms with Crippen LogP contribution in [0.25, 0.3) is 31.8 Å². The van der Waals surface area contributed by atoms with E-state index in [1.807, 2.05) is 137 Å². The van der Waals surface area contributed by atoms with Crippen molar-refractivity contribution >= 4 is 73.4 Å². The molecule has 9 rings (SSSR count). The highest BCUT2D eigenvalue weighted by atomic mass is 32.1. The molecule has 0 bridgehead atoms. The van der Waals surface area contributed by atoms with Gasteiger partial charge in [0.2, 0.25) is 17.7 Å². The van der Waals surface area contributed by atoms with Gasteiger partial charge in [-0.25, -0.2) is 19.7 Å². The van der Waals surface area contributed by atoms with E-state index in [-0.39, 0.29) is 48.8 Å². The molecule has 5 N–H and O–H groups in total. The molecule has 7 aromatic rings. The number of carboxylic acid groups (broad SMARTS) is 1. The summed E-state index contributed by atoms with van der Waals surface area (Å²) in [6.07, 6.45) is 4.06. The quantitative estimate of drug-likeness (QED) is 0.0451. The number of fused-ring (bicyclic) bond motifs is 2. The van der Waals surface area contributed by atoms with Crippen LogP contribution in [0.3, 0.4) is 0 Å². The summed E-state index contributed by atoms with van der Waals surface area (Å²) in [5, 5.41) is 30.7. The number of carbonyl (C=O) groups is 5. The number of aromatic nitrogens is 3. The normalized spacial score (nSPS) is 16.0. The van der Waals surface area contributed by atoms with Gasteiger partial charge in [-0.05, 0) is 115 Å². The van der Waals surface area contributed by atoms with Gasteiger partial charge in [-0.1, -0.05) is 112 Å². The minimum absolute atomic E-state index is 0.00180. The fourth-order valence-electron chi connectivity index (χ4n) is 10.5. The van der Waals surface area contributed by atoms with Gasteiger partial charge in [-0.15, -0.1) is 11.3 Å². The number of aliphatic hydroxyl groups is 1. The number of carbonyl (C=O) groups excluding carboxylic acids is 4. The Bertz CT molecular complexity index is 3340. The summed E-state index contributed by atoms with van der Waals surface area (Å²) in [6.45, 7) is 12.8. The molecule has 16 nitrogen and oxygen atoms in total. The minimum Gasteiger partial charge on any atom is -0.493 e. The third kappa shape index (κ3) is 13.2. The number of anilines is 2. The van der Waals surface area contributed by atoms with Crippen molar-refractivity contribution < 1.29 is 38.9 Å². The van der Waals surface area contributed by atoms with Crippen molar-refractivity contribution in [2.75, 3.05) is 29.9 Å². The zero-order valence-electron chi connectivity index (χ0n) is 45.5. The van der Waals surface area contributed by atoms with E-state index in [1.165, 1.54) is 16.2 Å². The molecule has 4 unspecified atom stereocenters. The Morgan fingerprint density at radius 2 is 1.61 bits per heavy atom. The van der Waals surface area contributed by atoms with Gasteiger partial charge in [0.15, 0.2) is 10.8 Å². The van der Waals surface area contributed by atoms with Gasteiger partial charge in [-0.2, -0.15) is 0 Å². The van der Waals surface area contributed by atoms with E-state index in [2.05, 4.69) is 25.9 Å². The van der Waals surface area contributed by atoms with E-state index in [0.29, 0.717) is 65.9 Å². The first-order valence-electron chi connectivity index (χ1n) is 27.0. The van der Waals surface area contributed by atoms with Gasteiger partial charge in [-0.3, -0.25) is 24.5 Å². The zero-order valence-corrected chi connectivity index (χ0v) is 47.1. The standard InChI is InChI=1S/C61H68N8O8S2/c1-36-43(44-27-28-51(65-53(44)59(75)76)68-30-29-40-16-14-18-45(46(40)34-68)56(72)67-60-64-47-19-11-12-21-50(47)79-60)17-15-20-49(36)77-31-13-9-7-8-10-22-52(71)66-55(61(4,5)6)58(74)69-33-42(70)32-48(69)57(73)63-37(2)39-23-25-41(26-24-39)54-38(3)62-35-78-54/h11-12,14-21,23-28,35,37,42,48,55,70H,7-10,13,22,29-34H2,1-6H3,(H,63,73)(H,66,71)(H,75,76)(H,64,67,72). The van der Waals surface area contributed by atoms with E-state index < -0.39 is 35.5 Å². The van der Waals surface area contributed by atoms with E-state index >= 15 is 0 Å². The second kappa shape index (κ2) is 24.6. The van der Waals surface area contributed by atoms with Crippen molar-refractivity contribution in [2.45, 2.75) is 124 Å². The number of carboxylic acids is 1. The average Bonchev–Trinajstić information content (AvgIpc) is 4.29. The summed E-state index contributed by atoms with van der Waals surface area (Å²) in [4.78, 5) is 85.9. The van der Waals surface area contributed by atoms with Crippen LogP contribution < -0.4 is 25.6 Å². The Morgan fingerprint density at radius 3 is 2.35 bits per heavy atom. The molecular formula is C61H68N8O8S2. The average molecular weight is 1110 g/mol. The number of aromatic carboxylic acids is 1. The predicted octanol–water partition coefficient (Wildman–Crippen LogP) is 10.7. The van der Waals surface area contributed by atoms with Crippen LogP contribution in [-0.2, 0) is 27.3 Å². The van der Waals surface area contributed by atoms with Gasteiger partial charge in [0.1, 0.15) is 23.7 Å². The molecule has 5 heterocycles. The maximum absolute atomic E-state index is 14.2. The molecule has 0 spiro atoms. The van der Waals surface area contributed by atoms with Crippen LogP contribution in [0.1, 0.15) is 127 Å². The minimum atomic E-state index is -1.15. The number of β-amino-alcohol motifs (C(OH)–C–C–N with tert-alkyl or cyclic N) is 1. The molecule has 3 aromatic heterocycles. The zero-order chi connectivity index (χ0) is 56.0. The fourth-order valence-corrected chi connectivity index (χ4v) is 12.2. The van der Waals surface area contributed by atoms with Crippen molar-refractivity contribution in [2.24, 2.45) is 5.41 Å². The topological polar surface area (TPSA) is 216 Å². The molecule has 1 fully saturated rings. The highest BCUT2D eigenvalue weighted by Crippen LogP contribution is 2.36. The summed E-state index contributed by atoms with van der Waals surface area (Å²) in [6, 6.07) is 28.5. The van der Waals surface area contributed by atoms with Crippen molar-refractivity contribution in [3.63, 3.8) is 0 Å². The Morgan fingerprint density at radius 1 is 0.848 bits per heavy atom. The van der Waals surface area contributed by atoms with Crippen LogP contribution in [0, 0.1) is 19.3 Å². The smallest absolute Gasteiger partial charge is 0.355 e. The first-order chi connectivity index (χ1) is 37.9. The van der Waals surface area contributed by atoms with Crippen LogP contribution >= 0.6 is 22.7 Å². The van der Waals surface area contributed by atoms with Crippen LogP contribution in [0.2, 0.25) is 0 Å². The van der Waals surface area contributed by atoms with Crippen LogP contribution in [0.5, 0.6) is 5.75 Å². The molecule has 412 valence electrons. The lowest BCUT2D eigenvalue weighted by Gasteiger charge is -2.35. The number of nitrogens with one attached hydrogen (secondary N) is 3. The van der Waals surface area contributed by atoms with Gasteiger partial charge < -0.3 is 35.4 Å². The molecule has 0 saturated carbocycles. The molecule has 18 heteroatoms. The SMILES string of the molecule is Cc1ncsc1-c1ccc(C(C)NC(=O)C2CC(O)CN2C(=O)C(NC(=O)CCCCCCCOc2cccc(-c3ccc(N4CCc5cccc(C(=O)Nc6nc7ccccc7s6)c5C4)nc3C(=O)O)c2C)C(C)(C)C)cc1. The Hall–Kier alpha value is -7.54. The first kappa shape index (κ1) is 56.2. The van der Waals surface area contributed by atoms with E-state index in [4.69, 9.17) is 9.72 Å². The van der Waals surface area contributed by atoms with Gasteiger partial charge in [0.05, 0.1) is 45.1 Å². The van der Waals surface area contributed by atoms with Gasteiger partial charge in [0.25, 0.3) is 5.91 Å². The van der Waals surface area contributed by atoms with Crippen molar-refractivity contribution in [1.29, 1.82) is 0 Å². The number of amides is 4. The number of aryl methyl sites for hydroxylation is 1. The largest absolute Gasteiger partial charge is 0.493 e. The number of hydrogen-bond acceptors (Lipinski definition) is 13. The number of thiazole rings is 2. The maximum atomic E-state index is 14.2. The third-order valence-electron chi connectivity index (χ3n) is 14.9. The Balaban J connectivity index is 0.732. The Kier molecular flexibility index (Phi) is 17.5. The Labute approximate surface area is 468 Å². The molecule has 0 aliphatic carbocycles. The van der Waals surface area contributed by atoms with Crippen molar-refractivity contribution in [1.82, 2.24) is 30.5 Å². The van der Waals surface area contributed by atoms with Crippen LogP contribution in [0.15, 0.2) is 103 Å². The van der Waals surface area contributed by atoms with Crippen molar-refractivity contribution in [3.05, 3.63) is 142 Å². The summed E-state index contributed by atoms with van der Waals surface area (Å²) < 4.78 is 7.23. The number of hydrogen-bond donors (Lipinski definition) is 5. The number of benzene rings is 4. The molecular weight excluding hydrogens is 1040 g/mol. The number of nitrogens with zero attached hydrogens (tertiary/aromatic N) is 5. The number of unbranched alkanes of at least 4 members (excludes halogenated alkanes) is 4. The lowest BCUT2D eigenvalue weighted by Crippen LogP contribution is -2.57. The molecule has 1 saturated heterocycles. The second-order valence-electron chi connectivity index (χ2n) is 21.6. The number of rotatable bonds is 20. The van der Waals surface area contributed by atoms with E-state index in [1.54, 1.807) is 23.5 Å². The third-order valence-corrected chi connectivity index (χ3v) is 16.8. The van der Waals surface area contributed by atoms with Gasteiger partial charge >= 0.3 is 5.97 Å². The van der Waals surface area contributed by atoms with Crippen LogP contribution in [0.4, 0.5) is 10.9 Å². The number of aliphatic hydroxyl groups excluding tert-OH is 1. The summed E-state index contributed by atoms with van der Waals surface area (Å²) >= 11 is 2.99. The summed E-state index contributed by atoms with van der Waals surface area (Å²) in [5.41, 5.74) is 9.25. The first-order valence-corrected chi connectivity index (χ1v) is 28.7. The number of ether oxygens (including phenoxy) is 1. The molecule has 4 atom stereocenters. The lowest BCUT2D eigenvalue weighted by molar-refractivity contribution is -0.144. The molecule has 79 heavy (non-hydrogen) atoms. The van der Waals surface area contributed by atoms with Gasteiger partial charge in [0, 0.05) is 43.6 Å². The monoisotopic (exact) mass is 1100 g/mol. The molecule has 0 radical (unpaired) electrons. The maximum Gasteiger partial charge on any atom is 0.355 e. The summed E-state index contributed by atoms with van der Waals surface area (Å²) in [7, 11) is 0. The number of likely N-dealkylation sites (tertiary alicyclic amines) is 1. The number of pyridine rings is 1.